The van der Waals surface area contributed by atoms with Gasteiger partial charge in [0.15, 0.2) is 0 Å². The molecule has 12 heavy (non-hydrogen) atoms. The van der Waals surface area contributed by atoms with Crippen LogP contribution in [0.4, 0.5) is 0 Å². The molecule has 0 aliphatic heterocycles. The molecule has 0 aromatic heterocycles. The van der Waals surface area contributed by atoms with Crippen molar-refractivity contribution in [1.29, 1.82) is 0 Å². The summed E-state index contributed by atoms with van der Waals surface area (Å²) < 4.78 is 1.26. The van der Waals surface area contributed by atoms with E-state index in [9.17, 15) is 5.11 Å². The quantitative estimate of drug-likeness (QED) is 0.594. The number of hydrogen-bond acceptors (Lipinski definition) is 0. The van der Waals surface area contributed by atoms with E-state index in [1.807, 2.05) is 0 Å². The molecular formula is C10H12IO. The van der Waals surface area contributed by atoms with Gasteiger partial charge in [0.2, 0.25) is 0 Å². The molecule has 0 aliphatic rings. The first-order valence-corrected chi connectivity index (χ1v) is 5.23. The van der Waals surface area contributed by atoms with E-state index in [1.54, 1.807) is 0 Å². The molecule has 65 valence electrons. The normalized spacial score (nSPS) is 10.2. The lowest BCUT2D eigenvalue weighted by Crippen LogP contribution is -1.87. The molecule has 0 heterocycles. The monoisotopic (exact) mass is 275 g/mol. The first kappa shape index (κ1) is 9.99. The van der Waals surface area contributed by atoms with Crippen molar-refractivity contribution in [3.05, 3.63) is 33.4 Å². The van der Waals surface area contributed by atoms with Gasteiger partial charge in [-0.15, -0.1) is 0 Å². The lowest BCUT2D eigenvalue weighted by atomic mass is 10.1. The molecule has 1 rings (SSSR count). The van der Waals surface area contributed by atoms with Gasteiger partial charge < -0.3 is 0 Å². The minimum atomic E-state index is 0.0599. The van der Waals surface area contributed by atoms with Crippen LogP contribution < -0.4 is 0 Å². The number of hydrogen-bond donors (Lipinski definition) is 0. The Hall–Kier alpha value is -0.0900. The van der Waals surface area contributed by atoms with Gasteiger partial charge in [0.25, 0.3) is 0 Å². The molecule has 0 aliphatic carbocycles. The van der Waals surface area contributed by atoms with Gasteiger partial charge in [0.1, 0.15) is 0 Å². The minimum Gasteiger partial charge on any atom is -0.237 e. The van der Waals surface area contributed by atoms with E-state index in [2.05, 4.69) is 46.9 Å². The summed E-state index contributed by atoms with van der Waals surface area (Å²) in [5.74, 6) is 0. The fourth-order valence-electron chi connectivity index (χ4n) is 1.08. The molecule has 0 saturated heterocycles. The zero-order valence-electron chi connectivity index (χ0n) is 6.92. The van der Waals surface area contributed by atoms with Crippen molar-refractivity contribution in [2.75, 3.05) is 6.61 Å². The predicted molar refractivity (Wildman–Crippen MR) is 57.7 cm³/mol. The van der Waals surface area contributed by atoms with Gasteiger partial charge in [-0.25, -0.2) is 5.11 Å². The summed E-state index contributed by atoms with van der Waals surface area (Å²) in [5, 5.41) is 10.2. The third kappa shape index (κ3) is 3.54. The Morgan fingerprint density at radius 3 is 2.33 bits per heavy atom. The Bertz CT molecular complexity index is 218. The predicted octanol–water partition coefficient (Wildman–Crippen LogP) is 3.04. The van der Waals surface area contributed by atoms with Crippen molar-refractivity contribution >= 4 is 22.6 Å². The highest BCUT2D eigenvalue weighted by atomic mass is 127. The van der Waals surface area contributed by atoms with Crippen LogP contribution in [-0.2, 0) is 11.5 Å². The Morgan fingerprint density at radius 2 is 1.75 bits per heavy atom. The van der Waals surface area contributed by atoms with Gasteiger partial charge in [-0.2, -0.15) is 0 Å². The summed E-state index contributed by atoms with van der Waals surface area (Å²) in [4.78, 5) is 0. The van der Waals surface area contributed by atoms with E-state index in [0.717, 1.165) is 19.3 Å². The van der Waals surface area contributed by atoms with Crippen LogP contribution in [0.1, 0.15) is 18.4 Å². The minimum absolute atomic E-state index is 0.0599. The molecule has 0 unspecified atom stereocenters. The van der Waals surface area contributed by atoms with Crippen LogP contribution in [0.15, 0.2) is 24.3 Å². The van der Waals surface area contributed by atoms with E-state index >= 15 is 0 Å². The smallest absolute Gasteiger partial charge is 0.0822 e. The molecular weight excluding hydrogens is 263 g/mol. The molecule has 0 saturated carbocycles. The zero-order chi connectivity index (χ0) is 8.81. The van der Waals surface area contributed by atoms with Gasteiger partial charge in [0.05, 0.1) is 6.61 Å². The van der Waals surface area contributed by atoms with E-state index < -0.39 is 0 Å². The molecule has 2 heteroatoms. The first-order chi connectivity index (χ1) is 5.83. The summed E-state index contributed by atoms with van der Waals surface area (Å²) in [7, 11) is 0. The Morgan fingerprint density at radius 1 is 1.08 bits per heavy atom. The van der Waals surface area contributed by atoms with Crippen LogP contribution in [0.5, 0.6) is 0 Å². The summed E-state index contributed by atoms with van der Waals surface area (Å²) in [6, 6.07) is 8.47. The van der Waals surface area contributed by atoms with Crippen LogP contribution >= 0.6 is 22.6 Å². The van der Waals surface area contributed by atoms with Crippen molar-refractivity contribution in [2.45, 2.75) is 19.3 Å². The van der Waals surface area contributed by atoms with Gasteiger partial charge >= 0.3 is 0 Å². The second-order valence-electron chi connectivity index (χ2n) is 2.79. The second-order valence-corrected chi connectivity index (χ2v) is 4.03. The van der Waals surface area contributed by atoms with E-state index in [1.165, 1.54) is 9.13 Å². The number of rotatable bonds is 4. The maximum Gasteiger partial charge on any atom is 0.0822 e. The number of halogens is 1. The molecule has 1 radical (unpaired) electrons. The van der Waals surface area contributed by atoms with Crippen molar-refractivity contribution in [3.63, 3.8) is 0 Å². The molecule has 0 spiro atoms. The molecule has 0 bridgehead atoms. The Labute approximate surface area is 86.9 Å². The molecule has 0 N–H and O–H groups in total. The first-order valence-electron chi connectivity index (χ1n) is 4.15. The van der Waals surface area contributed by atoms with Gasteiger partial charge in [-0.1, -0.05) is 12.1 Å². The average Bonchev–Trinajstić information content (AvgIpc) is 2.09. The molecule has 1 aromatic rings. The maximum absolute atomic E-state index is 10.2. The molecule has 0 amide bonds. The van der Waals surface area contributed by atoms with Crippen LogP contribution in [0, 0.1) is 3.57 Å². The fraction of sp³-hybridized carbons (Fsp3) is 0.400. The van der Waals surface area contributed by atoms with E-state index in [0.29, 0.717) is 0 Å². The number of unbranched alkanes of at least 4 members (excludes halogenated alkanes) is 1. The van der Waals surface area contributed by atoms with Crippen LogP contribution in [0.3, 0.4) is 0 Å². The summed E-state index contributed by atoms with van der Waals surface area (Å²) in [5.41, 5.74) is 1.34. The Balaban J connectivity index is 2.37. The van der Waals surface area contributed by atoms with Crippen molar-refractivity contribution in [3.8, 4) is 0 Å². The SMILES string of the molecule is [O]CCCCc1ccc(I)cc1. The third-order valence-electron chi connectivity index (χ3n) is 1.77. The van der Waals surface area contributed by atoms with Crippen LogP contribution in [0.25, 0.3) is 0 Å². The zero-order valence-corrected chi connectivity index (χ0v) is 9.08. The largest absolute Gasteiger partial charge is 0.237 e. The summed E-state index contributed by atoms with van der Waals surface area (Å²) in [6.07, 6.45) is 2.86. The molecule has 1 nitrogen and oxygen atoms in total. The van der Waals surface area contributed by atoms with Crippen molar-refractivity contribution in [2.24, 2.45) is 0 Å². The van der Waals surface area contributed by atoms with Crippen molar-refractivity contribution < 1.29 is 5.11 Å². The fourth-order valence-corrected chi connectivity index (χ4v) is 1.44. The van der Waals surface area contributed by atoms with Crippen LogP contribution in [0.2, 0.25) is 0 Å². The van der Waals surface area contributed by atoms with E-state index in [4.69, 9.17) is 0 Å². The highest BCUT2D eigenvalue weighted by Crippen LogP contribution is 2.09. The van der Waals surface area contributed by atoms with Gasteiger partial charge in [0, 0.05) is 3.57 Å². The van der Waals surface area contributed by atoms with Crippen molar-refractivity contribution in [1.82, 2.24) is 0 Å². The maximum atomic E-state index is 10.2. The van der Waals surface area contributed by atoms with Gasteiger partial charge in [-0.05, 0) is 59.5 Å². The lowest BCUT2D eigenvalue weighted by molar-refractivity contribution is 0.187. The van der Waals surface area contributed by atoms with Gasteiger partial charge in [-0.3, -0.25) is 0 Å². The Kier molecular flexibility index (Phi) is 4.61. The topological polar surface area (TPSA) is 19.9 Å². The van der Waals surface area contributed by atoms with E-state index in [-0.39, 0.29) is 6.61 Å². The standard InChI is InChI=1S/C10H12IO/c11-10-6-4-9(5-7-10)3-1-2-8-12/h4-7H,1-3,8H2. The van der Waals surface area contributed by atoms with Crippen LogP contribution in [-0.4, -0.2) is 6.61 Å². The molecule has 0 atom stereocenters. The summed E-state index contributed by atoms with van der Waals surface area (Å²) >= 11 is 2.29. The average molecular weight is 275 g/mol. The number of benzene rings is 1. The highest BCUT2D eigenvalue weighted by Gasteiger charge is 1.92. The summed E-state index contributed by atoms with van der Waals surface area (Å²) in [6.45, 7) is 0.0599. The second kappa shape index (κ2) is 5.54. The molecule has 0 fully saturated rings. The number of aryl methyl sites for hydroxylation is 1. The lowest BCUT2D eigenvalue weighted by Gasteiger charge is -1.99. The third-order valence-corrected chi connectivity index (χ3v) is 2.49. The highest BCUT2D eigenvalue weighted by molar-refractivity contribution is 14.1. The molecule has 1 aromatic carbocycles.